The zero-order valence-corrected chi connectivity index (χ0v) is 12.0. The molecule has 7 heteroatoms. The Kier molecular flexibility index (Phi) is 5.35. The molecule has 114 valence electrons. The van der Waals surface area contributed by atoms with E-state index in [9.17, 15) is 14.4 Å². The Bertz CT molecular complexity index is 387. The number of hydrogen-bond acceptors (Lipinski definition) is 5. The molecule has 7 nitrogen and oxygen atoms in total. The molecule has 0 spiro atoms. The monoisotopic (exact) mass is 287 g/mol. The molecule has 0 aromatic rings. The minimum atomic E-state index is -1.60. The van der Waals surface area contributed by atoms with Gasteiger partial charge in [0.15, 0.2) is 0 Å². The number of carbonyl (C=O) groups is 3. The highest BCUT2D eigenvalue weighted by atomic mass is 16.6. The number of aliphatic carboxylic acids is 1. The number of carbonyl (C=O) groups excluding carboxylic acids is 2. The van der Waals surface area contributed by atoms with E-state index >= 15 is 0 Å². The minimum Gasteiger partial charge on any atom is -0.473 e. The second-order valence-electron chi connectivity index (χ2n) is 5.73. The number of ether oxygens (including phenoxy) is 2. The third-order valence-electron chi connectivity index (χ3n) is 2.78. The number of esters is 1. The van der Waals surface area contributed by atoms with Crippen molar-refractivity contribution in [3.05, 3.63) is 0 Å². The van der Waals surface area contributed by atoms with Crippen molar-refractivity contribution in [2.45, 2.75) is 51.7 Å². The quantitative estimate of drug-likeness (QED) is 0.579. The van der Waals surface area contributed by atoms with Gasteiger partial charge in [0.2, 0.25) is 0 Å². The number of nitrogens with zero attached hydrogens (tertiary/aromatic N) is 1. The predicted molar refractivity (Wildman–Crippen MR) is 69.2 cm³/mol. The first kappa shape index (κ1) is 16.3. The number of hydrogen-bond donors (Lipinski definition) is 1. The van der Waals surface area contributed by atoms with Gasteiger partial charge in [0.1, 0.15) is 11.7 Å². The van der Waals surface area contributed by atoms with E-state index in [1.54, 1.807) is 25.7 Å². The minimum absolute atomic E-state index is 0.381. The summed E-state index contributed by atoms with van der Waals surface area (Å²) >= 11 is 0. The van der Waals surface area contributed by atoms with E-state index in [1.165, 1.54) is 0 Å². The molecule has 0 aromatic heterocycles. The summed E-state index contributed by atoms with van der Waals surface area (Å²) in [5.41, 5.74) is -0.557. The molecule has 1 rings (SSSR count). The SMILES string of the molecule is CC(C)(C)OC(=O)N1CCCC(OC(=O)C(=O)O)CC1. The molecule has 1 amide bonds. The summed E-state index contributed by atoms with van der Waals surface area (Å²) in [6.07, 6.45) is 0.724. The van der Waals surface area contributed by atoms with Gasteiger partial charge < -0.3 is 19.5 Å². The Morgan fingerprint density at radius 1 is 1.15 bits per heavy atom. The summed E-state index contributed by atoms with van der Waals surface area (Å²) in [7, 11) is 0. The number of rotatable bonds is 1. The molecule has 0 saturated carbocycles. The fraction of sp³-hybridized carbons (Fsp3) is 0.769. The second-order valence-corrected chi connectivity index (χ2v) is 5.73. The third kappa shape index (κ3) is 5.46. The molecule has 1 unspecified atom stereocenters. The lowest BCUT2D eigenvalue weighted by Gasteiger charge is -2.26. The van der Waals surface area contributed by atoms with Crippen molar-refractivity contribution < 1.29 is 29.0 Å². The van der Waals surface area contributed by atoms with Crippen LogP contribution in [0.15, 0.2) is 0 Å². The van der Waals surface area contributed by atoms with Gasteiger partial charge in [-0.2, -0.15) is 0 Å². The Balaban J connectivity index is 2.49. The average Bonchev–Trinajstić information content (AvgIpc) is 2.52. The van der Waals surface area contributed by atoms with Crippen LogP contribution in [-0.2, 0) is 19.1 Å². The molecule has 1 heterocycles. The maximum atomic E-state index is 11.9. The Morgan fingerprint density at radius 3 is 2.35 bits per heavy atom. The van der Waals surface area contributed by atoms with Crippen molar-refractivity contribution in [2.75, 3.05) is 13.1 Å². The van der Waals surface area contributed by atoms with Gasteiger partial charge >= 0.3 is 18.0 Å². The topological polar surface area (TPSA) is 93.1 Å². The van der Waals surface area contributed by atoms with Crippen LogP contribution in [0.5, 0.6) is 0 Å². The molecule has 0 radical (unpaired) electrons. The van der Waals surface area contributed by atoms with E-state index in [-0.39, 0.29) is 0 Å². The lowest BCUT2D eigenvalue weighted by atomic mass is 10.2. The molecule has 0 bridgehead atoms. The summed E-state index contributed by atoms with van der Waals surface area (Å²) in [6.45, 7) is 6.27. The number of carboxylic acid groups (broad SMARTS) is 1. The summed E-state index contributed by atoms with van der Waals surface area (Å²) in [4.78, 5) is 34.9. The maximum Gasteiger partial charge on any atom is 0.417 e. The van der Waals surface area contributed by atoms with Crippen LogP contribution in [0.25, 0.3) is 0 Å². The van der Waals surface area contributed by atoms with E-state index in [0.717, 1.165) is 0 Å². The molecule has 0 aliphatic carbocycles. The fourth-order valence-corrected chi connectivity index (χ4v) is 1.89. The molecule has 1 saturated heterocycles. The van der Waals surface area contributed by atoms with Gasteiger partial charge in [-0.3, -0.25) is 0 Å². The lowest BCUT2D eigenvalue weighted by molar-refractivity contribution is -0.167. The molecule has 20 heavy (non-hydrogen) atoms. The maximum absolute atomic E-state index is 11.9. The van der Waals surface area contributed by atoms with Crippen molar-refractivity contribution in [3.8, 4) is 0 Å². The molecule has 1 atom stereocenters. The molecule has 0 aromatic carbocycles. The summed E-state index contributed by atoms with van der Waals surface area (Å²) in [5, 5.41) is 8.49. The predicted octanol–water partition coefficient (Wildman–Crippen LogP) is 1.40. The molecular weight excluding hydrogens is 266 g/mol. The van der Waals surface area contributed by atoms with Gasteiger partial charge in [-0.15, -0.1) is 0 Å². The molecule has 1 N–H and O–H groups in total. The third-order valence-corrected chi connectivity index (χ3v) is 2.78. The number of carboxylic acids is 1. The fourth-order valence-electron chi connectivity index (χ4n) is 1.89. The molecule has 1 aliphatic rings. The Morgan fingerprint density at radius 2 is 1.80 bits per heavy atom. The highest BCUT2D eigenvalue weighted by Crippen LogP contribution is 2.17. The summed E-state index contributed by atoms with van der Waals surface area (Å²) < 4.78 is 10.1. The second kappa shape index (κ2) is 6.58. The van der Waals surface area contributed by atoms with Gasteiger partial charge in [-0.1, -0.05) is 0 Å². The Hall–Kier alpha value is -1.79. The van der Waals surface area contributed by atoms with Crippen molar-refractivity contribution in [2.24, 2.45) is 0 Å². The van der Waals surface area contributed by atoms with E-state index in [4.69, 9.17) is 14.6 Å². The first-order valence-electron chi connectivity index (χ1n) is 6.61. The average molecular weight is 287 g/mol. The van der Waals surface area contributed by atoms with Crippen molar-refractivity contribution in [1.82, 2.24) is 4.90 Å². The van der Waals surface area contributed by atoms with Crippen LogP contribution in [0.2, 0.25) is 0 Å². The zero-order chi connectivity index (χ0) is 15.3. The van der Waals surface area contributed by atoms with Crippen LogP contribution in [0, 0.1) is 0 Å². The van der Waals surface area contributed by atoms with Gasteiger partial charge in [0.05, 0.1) is 0 Å². The normalized spacial score (nSPS) is 19.9. The van der Waals surface area contributed by atoms with Crippen LogP contribution in [0.1, 0.15) is 40.0 Å². The van der Waals surface area contributed by atoms with Crippen LogP contribution in [-0.4, -0.2) is 52.8 Å². The van der Waals surface area contributed by atoms with Crippen LogP contribution < -0.4 is 0 Å². The van der Waals surface area contributed by atoms with E-state index in [0.29, 0.717) is 32.4 Å². The van der Waals surface area contributed by atoms with Crippen LogP contribution >= 0.6 is 0 Å². The number of likely N-dealkylation sites (tertiary alicyclic amines) is 1. The molecule has 1 fully saturated rings. The largest absolute Gasteiger partial charge is 0.473 e. The lowest BCUT2D eigenvalue weighted by Crippen LogP contribution is -2.37. The van der Waals surface area contributed by atoms with E-state index in [2.05, 4.69) is 0 Å². The van der Waals surface area contributed by atoms with Gasteiger partial charge in [0.25, 0.3) is 0 Å². The zero-order valence-electron chi connectivity index (χ0n) is 12.0. The van der Waals surface area contributed by atoms with Crippen LogP contribution in [0.3, 0.4) is 0 Å². The number of amides is 1. The van der Waals surface area contributed by atoms with Crippen molar-refractivity contribution >= 4 is 18.0 Å². The highest BCUT2D eigenvalue weighted by molar-refractivity contribution is 6.28. The smallest absolute Gasteiger partial charge is 0.417 e. The standard InChI is InChI=1S/C13H21NO6/c1-13(2,3)20-12(18)14-7-4-5-9(6-8-14)19-11(17)10(15)16/h9H,4-8H2,1-3H3,(H,15,16). The van der Waals surface area contributed by atoms with Crippen molar-refractivity contribution in [1.29, 1.82) is 0 Å². The summed E-state index contributed by atoms with van der Waals surface area (Å²) in [6, 6.07) is 0. The van der Waals surface area contributed by atoms with Gasteiger partial charge in [0, 0.05) is 19.5 Å². The Labute approximate surface area is 117 Å². The molecular formula is C13H21NO6. The van der Waals surface area contributed by atoms with Gasteiger partial charge in [-0.05, 0) is 33.6 Å². The first-order valence-corrected chi connectivity index (χ1v) is 6.61. The highest BCUT2D eigenvalue weighted by Gasteiger charge is 2.27. The van der Waals surface area contributed by atoms with E-state index < -0.39 is 29.7 Å². The molecule has 1 aliphatic heterocycles. The first-order chi connectivity index (χ1) is 9.19. The van der Waals surface area contributed by atoms with Crippen molar-refractivity contribution in [3.63, 3.8) is 0 Å². The summed E-state index contributed by atoms with van der Waals surface area (Å²) in [5.74, 6) is -2.85. The van der Waals surface area contributed by atoms with Gasteiger partial charge in [-0.25, -0.2) is 14.4 Å². The van der Waals surface area contributed by atoms with Crippen LogP contribution in [0.4, 0.5) is 4.79 Å². The van der Waals surface area contributed by atoms with E-state index in [1.807, 2.05) is 0 Å².